The van der Waals surface area contributed by atoms with Gasteiger partial charge in [0, 0.05) is 29.5 Å². The maximum atomic E-state index is 13.6. The molecule has 1 saturated heterocycles. The zero-order valence-electron chi connectivity index (χ0n) is 19.3. The van der Waals surface area contributed by atoms with E-state index >= 15 is 0 Å². The number of fused-ring (bicyclic) bond motifs is 2. The van der Waals surface area contributed by atoms with Crippen LogP contribution in [0, 0.1) is 18.8 Å². The molecular formula is C28H25N3O3S. The van der Waals surface area contributed by atoms with E-state index in [0.717, 1.165) is 34.4 Å². The smallest absolute Gasteiger partial charge is 0.408 e. The first-order chi connectivity index (χ1) is 17.1. The molecule has 0 spiro atoms. The van der Waals surface area contributed by atoms with Crippen molar-refractivity contribution >= 4 is 34.2 Å². The summed E-state index contributed by atoms with van der Waals surface area (Å²) in [5.41, 5.74) is 3.61. The molecule has 2 amide bonds. The highest BCUT2D eigenvalue weighted by Crippen LogP contribution is 2.50. The van der Waals surface area contributed by atoms with Crippen LogP contribution < -0.4 is 10.1 Å². The lowest BCUT2D eigenvalue weighted by atomic mass is 10.1. The molecule has 2 aromatic heterocycles. The standard InChI is InChI=1S/C28H25N3O3S/c1-17-5-2-7-19(13-17)26-21(10-12-35-26)27(32)31-16-20-14-22(20)23(31)15-30-28(33)34-24-9-3-6-18-8-4-11-29-25(18)24/h2-13,20,22-23H,14-16H2,1H3,(H,30,33)/t20-,22-,23+/m0/s1. The number of aryl methyl sites for hydroxylation is 1. The number of nitrogens with one attached hydrogen (secondary N) is 1. The number of para-hydroxylation sites is 1. The van der Waals surface area contributed by atoms with Gasteiger partial charge < -0.3 is 15.0 Å². The molecule has 0 radical (unpaired) electrons. The molecule has 1 N–H and O–H groups in total. The molecule has 4 aromatic rings. The van der Waals surface area contributed by atoms with E-state index in [0.29, 0.717) is 29.6 Å². The van der Waals surface area contributed by atoms with Gasteiger partial charge in [-0.05, 0) is 54.3 Å². The third kappa shape index (κ3) is 4.17. The second-order valence-electron chi connectivity index (χ2n) is 9.32. The van der Waals surface area contributed by atoms with E-state index in [1.807, 2.05) is 52.7 Å². The lowest BCUT2D eigenvalue weighted by molar-refractivity contribution is 0.0706. The second-order valence-corrected chi connectivity index (χ2v) is 10.2. The molecule has 2 aromatic carbocycles. The summed E-state index contributed by atoms with van der Waals surface area (Å²) in [7, 11) is 0. The monoisotopic (exact) mass is 483 g/mol. The van der Waals surface area contributed by atoms with E-state index in [1.165, 1.54) is 5.56 Å². The highest BCUT2D eigenvalue weighted by molar-refractivity contribution is 7.14. The Morgan fingerprint density at radius 2 is 2.00 bits per heavy atom. The molecule has 35 heavy (non-hydrogen) atoms. The Morgan fingerprint density at radius 3 is 2.89 bits per heavy atom. The average Bonchev–Trinajstić information content (AvgIpc) is 3.30. The zero-order chi connectivity index (χ0) is 23.9. The summed E-state index contributed by atoms with van der Waals surface area (Å²) >= 11 is 1.59. The maximum Gasteiger partial charge on any atom is 0.412 e. The number of ether oxygens (including phenoxy) is 1. The molecule has 0 bridgehead atoms. The van der Waals surface area contributed by atoms with Crippen molar-refractivity contribution in [1.82, 2.24) is 15.2 Å². The minimum atomic E-state index is -0.532. The molecule has 2 fully saturated rings. The molecule has 1 aliphatic heterocycles. The van der Waals surface area contributed by atoms with Gasteiger partial charge in [-0.3, -0.25) is 9.78 Å². The zero-order valence-corrected chi connectivity index (χ0v) is 20.1. The van der Waals surface area contributed by atoms with Crippen LogP contribution in [0.2, 0.25) is 0 Å². The third-order valence-corrected chi connectivity index (χ3v) is 7.96. The highest BCUT2D eigenvalue weighted by atomic mass is 32.1. The molecule has 6 nitrogen and oxygen atoms in total. The Bertz CT molecular complexity index is 1430. The first kappa shape index (κ1) is 21.8. The summed E-state index contributed by atoms with van der Waals surface area (Å²) in [5, 5.41) is 5.78. The van der Waals surface area contributed by atoms with Crippen LogP contribution in [-0.2, 0) is 0 Å². The van der Waals surface area contributed by atoms with Crippen molar-refractivity contribution in [1.29, 1.82) is 0 Å². The lowest BCUT2D eigenvalue weighted by Gasteiger charge is -2.28. The predicted octanol–water partition coefficient (Wildman–Crippen LogP) is 5.52. The fourth-order valence-corrected chi connectivity index (χ4v) is 6.08. The maximum absolute atomic E-state index is 13.6. The molecule has 1 aliphatic carbocycles. The highest BCUT2D eigenvalue weighted by Gasteiger charge is 2.54. The minimum Gasteiger partial charge on any atom is -0.408 e. The quantitative estimate of drug-likeness (QED) is 0.406. The first-order valence-corrected chi connectivity index (χ1v) is 12.7. The summed E-state index contributed by atoms with van der Waals surface area (Å²) in [6.45, 7) is 3.16. The van der Waals surface area contributed by atoms with E-state index in [2.05, 4.69) is 29.4 Å². The number of hydrogen-bond donors (Lipinski definition) is 1. The number of benzene rings is 2. The summed E-state index contributed by atoms with van der Waals surface area (Å²) < 4.78 is 5.58. The largest absolute Gasteiger partial charge is 0.412 e. The average molecular weight is 484 g/mol. The summed E-state index contributed by atoms with van der Waals surface area (Å²) in [4.78, 5) is 33.5. The molecule has 6 rings (SSSR count). The molecule has 1 saturated carbocycles. The second kappa shape index (κ2) is 8.82. The van der Waals surface area contributed by atoms with Gasteiger partial charge in [-0.15, -0.1) is 11.3 Å². The Kier molecular flexibility index (Phi) is 5.49. The van der Waals surface area contributed by atoms with Crippen LogP contribution in [0.15, 0.2) is 72.2 Å². The fraction of sp³-hybridized carbons (Fsp3) is 0.250. The number of pyridine rings is 1. The van der Waals surface area contributed by atoms with Crippen LogP contribution in [-0.4, -0.2) is 41.0 Å². The van der Waals surface area contributed by atoms with Crippen LogP contribution in [0.5, 0.6) is 5.75 Å². The number of amides is 2. The molecule has 0 unspecified atom stereocenters. The summed E-state index contributed by atoms with van der Waals surface area (Å²) in [5.74, 6) is 1.41. The van der Waals surface area contributed by atoms with Gasteiger partial charge in [-0.1, -0.05) is 48.0 Å². The van der Waals surface area contributed by atoms with E-state index < -0.39 is 6.09 Å². The number of hydrogen-bond acceptors (Lipinski definition) is 5. The van der Waals surface area contributed by atoms with Gasteiger partial charge in [0.25, 0.3) is 5.91 Å². The van der Waals surface area contributed by atoms with E-state index in [1.54, 1.807) is 23.6 Å². The van der Waals surface area contributed by atoms with E-state index in [9.17, 15) is 9.59 Å². The van der Waals surface area contributed by atoms with Crippen LogP contribution >= 0.6 is 11.3 Å². The number of aromatic nitrogens is 1. The number of nitrogens with zero attached hydrogens (tertiary/aromatic N) is 2. The van der Waals surface area contributed by atoms with Gasteiger partial charge >= 0.3 is 6.09 Å². The first-order valence-electron chi connectivity index (χ1n) is 11.8. The summed E-state index contributed by atoms with van der Waals surface area (Å²) in [6.07, 6.45) is 2.25. The van der Waals surface area contributed by atoms with Crippen molar-refractivity contribution < 1.29 is 14.3 Å². The van der Waals surface area contributed by atoms with E-state index in [4.69, 9.17) is 4.74 Å². The van der Waals surface area contributed by atoms with Gasteiger partial charge in [-0.2, -0.15) is 0 Å². The minimum absolute atomic E-state index is 0.0315. The van der Waals surface area contributed by atoms with E-state index in [-0.39, 0.29) is 11.9 Å². The number of piperidine rings is 1. The predicted molar refractivity (Wildman–Crippen MR) is 137 cm³/mol. The number of carbonyl (C=O) groups excluding carboxylic acids is 2. The van der Waals surface area contributed by atoms with Gasteiger partial charge in [0.05, 0.1) is 11.6 Å². The number of rotatable bonds is 5. The van der Waals surface area contributed by atoms with Gasteiger partial charge in [0.15, 0.2) is 5.75 Å². The van der Waals surface area contributed by atoms with Crippen molar-refractivity contribution in [3.63, 3.8) is 0 Å². The molecular weight excluding hydrogens is 458 g/mol. The fourth-order valence-electron chi connectivity index (χ4n) is 5.19. The Labute approximate surface area is 207 Å². The Morgan fingerprint density at radius 1 is 1.14 bits per heavy atom. The molecule has 176 valence electrons. The molecule has 3 heterocycles. The number of carbonyl (C=O) groups is 2. The summed E-state index contributed by atoms with van der Waals surface area (Å²) in [6, 6.07) is 19.4. The number of thiophene rings is 1. The molecule has 7 heteroatoms. The van der Waals surface area contributed by atoms with Crippen LogP contribution in [0.1, 0.15) is 22.3 Å². The van der Waals surface area contributed by atoms with Crippen molar-refractivity contribution in [3.05, 3.63) is 83.4 Å². The van der Waals surface area contributed by atoms with Crippen LogP contribution in [0.25, 0.3) is 21.3 Å². The topological polar surface area (TPSA) is 71.5 Å². The Hall–Kier alpha value is -3.71. The van der Waals surface area contributed by atoms with Gasteiger partial charge in [0.1, 0.15) is 5.52 Å². The third-order valence-electron chi connectivity index (χ3n) is 6.99. The number of likely N-dealkylation sites (tertiary alicyclic amines) is 1. The Balaban J connectivity index is 1.16. The molecule has 3 atom stereocenters. The van der Waals surface area contributed by atoms with Crippen molar-refractivity contribution in [2.45, 2.75) is 19.4 Å². The van der Waals surface area contributed by atoms with Gasteiger partial charge in [-0.25, -0.2) is 4.79 Å². The normalized spacial score (nSPS) is 20.5. The molecule has 2 aliphatic rings. The van der Waals surface area contributed by atoms with Crippen molar-refractivity contribution in [2.24, 2.45) is 11.8 Å². The van der Waals surface area contributed by atoms with Crippen molar-refractivity contribution in [3.8, 4) is 16.2 Å². The van der Waals surface area contributed by atoms with Gasteiger partial charge in [0.2, 0.25) is 0 Å². The van der Waals surface area contributed by atoms with Crippen molar-refractivity contribution in [2.75, 3.05) is 13.1 Å². The van der Waals surface area contributed by atoms with Crippen LogP contribution in [0.3, 0.4) is 0 Å². The SMILES string of the molecule is Cc1cccc(-c2sccc2C(=O)N2C[C@@H]3C[C@@H]3[C@H]2CNC(=O)Oc2cccc3cccnc23)c1. The lowest BCUT2D eigenvalue weighted by Crippen LogP contribution is -2.46. The van der Waals surface area contributed by atoms with Crippen LogP contribution in [0.4, 0.5) is 4.79 Å².